The first-order valence-corrected chi connectivity index (χ1v) is 8.82. The maximum absolute atomic E-state index is 12.4. The molecule has 5 heteroatoms. The van der Waals surface area contributed by atoms with Crippen molar-refractivity contribution in [2.24, 2.45) is 5.92 Å². The van der Waals surface area contributed by atoms with Gasteiger partial charge >= 0.3 is 0 Å². The van der Waals surface area contributed by atoms with Gasteiger partial charge in [-0.2, -0.15) is 0 Å². The number of hydrogen-bond acceptors (Lipinski definition) is 4. The Hall–Kier alpha value is -2.14. The van der Waals surface area contributed by atoms with Gasteiger partial charge in [0, 0.05) is 29.6 Å². The minimum atomic E-state index is -0.214. The summed E-state index contributed by atoms with van der Waals surface area (Å²) in [6.07, 6.45) is 5.12. The van der Waals surface area contributed by atoms with Crippen LogP contribution in [0.2, 0.25) is 0 Å². The van der Waals surface area contributed by atoms with Crippen LogP contribution >= 0.6 is 0 Å². The molecule has 2 aliphatic heterocycles. The molecule has 1 fully saturated rings. The van der Waals surface area contributed by atoms with Crippen molar-refractivity contribution in [2.75, 3.05) is 18.4 Å². The van der Waals surface area contributed by atoms with Gasteiger partial charge in [-0.3, -0.25) is 14.9 Å². The quantitative estimate of drug-likeness (QED) is 0.794. The fraction of sp³-hybridized carbons (Fsp3) is 0.474. The van der Waals surface area contributed by atoms with Crippen molar-refractivity contribution in [3.63, 3.8) is 0 Å². The van der Waals surface area contributed by atoms with Gasteiger partial charge in [-0.25, -0.2) is 0 Å². The Labute approximate surface area is 141 Å². The molecule has 4 rings (SSSR count). The molecular formula is C19H23N3O2. The van der Waals surface area contributed by atoms with Gasteiger partial charge in [0.15, 0.2) is 0 Å². The molecule has 3 aliphatic rings. The minimum absolute atomic E-state index is 0.151. The van der Waals surface area contributed by atoms with Crippen molar-refractivity contribution >= 4 is 17.5 Å². The predicted octanol–water partition coefficient (Wildman–Crippen LogP) is 1.93. The van der Waals surface area contributed by atoms with E-state index in [4.69, 9.17) is 0 Å². The number of rotatable bonds is 3. The van der Waals surface area contributed by atoms with Gasteiger partial charge < -0.3 is 10.6 Å². The van der Waals surface area contributed by atoms with Crippen LogP contribution in [0, 0.1) is 5.92 Å². The molecule has 3 atom stereocenters. The third-order valence-corrected chi connectivity index (χ3v) is 5.38. The van der Waals surface area contributed by atoms with Gasteiger partial charge in [0.05, 0.1) is 0 Å². The maximum Gasteiger partial charge on any atom is 0.253 e. The highest BCUT2D eigenvalue weighted by atomic mass is 16.2. The molecule has 1 aromatic carbocycles. The summed E-state index contributed by atoms with van der Waals surface area (Å²) in [6.45, 7) is 1.84. The molecule has 1 saturated heterocycles. The normalized spacial score (nSPS) is 27.7. The summed E-state index contributed by atoms with van der Waals surface area (Å²) in [4.78, 5) is 24.5. The number of anilines is 1. The molecule has 24 heavy (non-hydrogen) atoms. The zero-order valence-electron chi connectivity index (χ0n) is 13.7. The molecular weight excluding hydrogens is 302 g/mol. The lowest BCUT2D eigenvalue weighted by atomic mass is 9.84. The van der Waals surface area contributed by atoms with Crippen LogP contribution in [0.25, 0.3) is 0 Å². The SMILES string of the molecule is O=C(CC1CCNC1)NC(=O)C1=CC2c3ccccc3NC2CC1. The summed E-state index contributed by atoms with van der Waals surface area (Å²) in [5.41, 5.74) is 3.15. The smallest absolute Gasteiger partial charge is 0.253 e. The van der Waals surface area contributed by atoms with Crippen LogP contribution in [-0.2, 0) is 9.59 Å². The lowest BCUT2D eigenvalue weighted by molar-refractivity contribution is -0.129. The van der Waals surface area contributed by atoms with Gasteiger partial charge in [0.1, 0.15) is 0 Å². The van der Waals surface area contributed by atoms with Crippen LogP contribution in [-0.4, -0.2) is 30.9 Å². The Balaban J connectivity index is 1.42. The van der Waals surface area contributed by atoms with Crippen molar-refractivity contribution in [1.29, 1.82) is 0 Å². The first-order valence-electron chi connectivity index (χ1n) is 8.82. The van der Waals surface area contributed by atoms with Gasteiger partial charge in [0.25, 0.3) is 5.91 Å². The zero-order valence-corrected chi connectivity index (χ0v) is 13.7. The molecule has 0 bridgehead atoms. The van der Waals surface area contributed by atoms with E-state index in [1.807, 2.05) is 18.2 Å². The van der Waals surface area contributed by atoms with Crippen molar-refractivity contribution in [3.8, 4) is 0 Å². The molecule has 1 aromatic rings. The largest absolute Gasteiger partial charge is 0.381 e. The summed E-state index contributed by atoms with van der Waals surface area (Å²) in [6, 6.07) is 8.61. The number of nitrogens with one attached hydrogen (secondary N) is 3. The number of para-hydroxylation sites is 1. The van der Waals surface area contributed by atoms with E-state index in [0.717, 1.165) is 37.2 Å². The number of carbonyl (C=O) groups is 2. The van der Waals surface area contributed by atoms with E-state index in [9.17, 15) is 9.59 Å². The molecule has 2 heterocycles. The van der Waals surface area contributed by atoms with Crippen LogP contribution < -0.4 is 16.0 Å². The topological polar surface area (TPSA) is 70.2 Å². The Morgan fingerprint density at radius 1 is 1.21 bits per heavy atom. The average molecular weight is 325 g/mol. The van der Waals surface area contributed by atoms with E-state index in [0.29, 0.717) is 24.8 Å². The monoisotopic (exact) mass is 325 g/mol. The van der Waals surface area contributed by atoms with E-state index in [1.54, 1.807) is 0 Å². The Kier molecular flexibility index (Phi) is 4.10. The first kappa shape index (κ1) is 15.4. The van der Waals surface area contributed by atoms with Gasteiger partial charge in [-0.15, -0.1) is 0 Å². The van der Waals surface area contributed by atoms with Gasteiger partial charge in [-0.05, 0) is 49.9 Å². The van der Waals surface area contributed by atoms with Gasteiger partial charge in [0.2, 0.25) is 5.91 Å². The third kappa shape index (κ3) is 2.96. The number of amides is 2. The molecule has 126 valence electrons. The lowest BCUT2D eigenvalue weighted by Gasteiger charge is -2.24. The summed E-state index contributed by atoms with van der Waals surface area (Å²) < 4.78 is 0. The third-order valence-electron chi connectivity index (χ3n) is 5.38. The zero-order chi connectivity index (χ0) is 16.5. The van der Waals surface area contributed by atoms with E-state index in [2.05, 4.69) is 28.1 Å². The van der Waals surface area contributed by atoms with Crippen LogP contribution in [0.4, 0.5) is 5.69 Å². The van der Waals surface area contributed by atoms with Crippen molar-refractivity contribution < 1.29 is 9.59 Å². The highest BCUT2D eigenvalue weighted by molar-refractivity contribution is 6.04. The Morgan fingerprint density at radius 3 is 2.92 bits per heavy atom. The van der Waals surface area contributed by atoms with Crippen molar-refractivity contribution in [2.45, 2.75) is 37.6 Å². The highest BCUT2D eigenvalue weighted by Crippen LogP contribution is 2.42. The maximum atomic E-state index is 12.4. The second-order valence-corrected chi connectivity index (χ2v) is 7.03. The highest BCUT2D eigenvalue weighted by Gasteiger charge is 2.34. The minimum Gasteiger partial charge on any atom is -0.381 e. The molecule has 3 N–H and O–H groups in total. The van der Waals surface area contributed by atoms with Gasteiger partial charge in [-0.1, -0.05) is 24.3 Å². The van der Waals surface area contributed by atoms with Crippen molar-refractivity contribution in [1.82, 2.24) is 10.6 Å². The van der Waals surface area contributed by atoms with Crippen LogP contribution in [0.1, 0.15) is 37.2 Å². The summed E-state index contributed by atoms with van der Waals surface area (Å²) in [5, 5.41) is 9.37. The van der Waals surface area contributed by atoms with Crippen molar-refractivity contribution in [3.05, 3.63) is 41.5 Å². The average Bonchev–Trinajstić information content (AvgIpc) is 3.21. The molecule has 0 aromatic heterocycles. The van der Waals surface area contributed by atoms with Crippen LogP contribution in [0.5, 0.6) is 0 Å². The Bertz CT molecular complexity index is 692. The molecule has 5 nitrogen and oxygen atoms in total. The summed E-state index contributed by atoms with van der Waals surface area (Å²) >= 11 is 0. The van der Waals surface area contributed by atoms with E-state index >= 15 is 0 Å². The molecule has 2 amide bonds. The number of benzene rings is 1. The molecule has 3 unspecified atom stereocenters. The fourth-order valence-corrected chi connectivity index (χ4v) is 4.09. The van der Waals surface area contributed by atoms with E-state index in [-0.39, 0.29) is 17.7 Å². The van der Waals surface area contributed by atoms with Crippen LogP contribution in [0.15, 0.2) is 35.9 Å². The van der Waals surface area contributed by atoms with E-state index in [1.165, 1.54) is 5.56 Å². The standard InChI is InChI=1S/C19H23N3O2/c23-18(9-12-7-8-20-11-12)22-19(24)13-5-6-17-15(10-13)14-3-1-2-4-16(14)21-17/h1-4,10,12,15,17,20-21H,5-9,11H2,(H,22,23,24). The fourth-order valence-electron chi connectivity index (χ4n) is 4.09. The second-order valence-electron chi connectivity index (χ2n) is 7.03. The first-order chi connectivity index (χ1) is 11.7. The summed E-state index contributed by atoms with van der Waals surface area (Å²) in [7, 11) is 0. The predicted molar refractivity (Wildman–Crippen MR) is 92.7 cm³/mol. The molecule has 0 spiro atoms. The number of hydrogen-bond donors (Lipinski definition) is 3. The molecule has 1 aliphatic carbocycles. The summed E-state index contributed by atoms with van der Waals surface area (Å²) in [5.74, 6) is 0.216. The molecule has 0 saturated carbocycles. The number of imide groups is 1. The Morgan fingerprint density at radius 2 is 2.08 bits per heavy atom. The van der Waals surface area contributed by atoms with E-state index < -0.39 is 0 Å². The lowest BCUT2D eigenvalue weighted by Crippen LogP contribution is -2.35. The molecule has 0 radical (unpaired) electrons. The number of fused-ring (bicyclic) bond motifs is 3. The number of carbonyl (C=O) groups excluding carboxylic acids is 2. The second kappa shape index (κ2) is 6.40. The van der Waals surface area contributed by atoms with Crippen LogP contribution in [0.3, 0.4) is 0 Å².